The van der Waals surface area contributed by atoms with Gasteiger partial charge < -0.3 is 15.8 Å². The van der Waals surface area contributed by atoms with Crippen molar-refractivity contribution < 1.29 is 9.53 Å². The van der Waals surface area contributed by atoms with E-state index in [0.717, 1.165) is 11.1 Å². The van der Waals surface area contributed by atoms with Gasteiger partial charge in [0.2, 0.25) is 11.8 Å². The molecule has 1 aromatic carbocycles. The van der Waals surface area contributed by atoms with Crippen molar-refractivity contribution >= 4 is 11.6 Å². The highest BCUT2D eigenvalue weighted by molar-refractivity contribution is 5.80. The number of amides is 1. The van der Waals surface area contributed by atoms with Gasteiger partial charge in [0.15, 0.2) is 0 Å². The number of nitrogens with one attached hydrogen (secondary N) is 1. The number of carbonyl (C=O) groups excluding carboxylic acids is 1. The maximum atomic E-state index is 11.9. The van der Waals surface area contributed by atoms with E-state index in [2.05, 4.69) is 10.3 Å². The Morgan fingerprint density at radius 3 is 2.90 bits per heavy atom. The Bertz CT molecular complexity index is 599. The van der Waals surface area contributed by atoms with Gasteiger partial charge in [-0.15, -0.1) is 0 Å². The Morgan fingerprint density at radius 1 is 1.35 bits per heavy atom. The molecule has 0 fully saturated rings. The molecule has 2 rings (SSSR count). The molecule has 0 saturated carbocycles. The third-order valence-corrected chi connectivity index (χ3v) is 2.90. The highest BCUT2D eigenvalue weighted by Gasteiger charge is 2.06. The minimum atomic E-state index is -0.0707. The Labute approximate surface area is 117 Å². The Morgan fingerprint density at radius 2 is 2.15 bits per heavy atom. The van der Waals surface area contributed by atoms with E-state index in [-0.39, 0.29) is 12.3 Å². The molecule has 2 aromatic rings. The second-order valence-corrected chi connectivity index (χ2v) is 4.36. The van der Waals surface area contributed by atoms with Crippen LogP contribution in [-0.4, -0.2) is 18.0 Å². The monoisotopic (exact) mass is 271 g/mol. The number of rotatable bonds is 5. The van der Waals surface area contributed by atoms with Gasteiger partial charge in [0.05, 0.1) is 13.5 Å². The lowest BCUT2D eigenvalue weighted by Gasteiger charge is -2.08. The first kappa shape index (κ1) is 13.9. The predicted molar refractivity (Wildman–Crippen MR) is 77.2 cm³/mol. The third kappa shape index (κ3) is 3.71. The first-order chi connectivity index (χ1) is 9.69. The van der Waals surface area contributed by atoms with Gasteiger partial charge in [-0.05, 0) is 23.3 Å². The van der Waals surface area contributed by atoms with Crippen molar-refractivity contribution in [2.75, 3.05) is 12.8 Å². The molecule has 0 atom stereocenters. The molecule has 20 heavy (non-hydrogen) atoms. The molecule has 1 heterocycles. The van der Waals surface area contributed by atoms with Gasteiger partial charge in [-0.3, -0.25) is 4.79 Å². The lowest BCUT2D eigenvalue weighted by molar-refractivity contribution is -0.120. The van der Waals surface area contributed by atoms with Crippen LogP contribution in [0.5, 0.6) is 5.88 Å². The summed E-state index contributed by atoms with van der Waals surface area (Å²) < 4.78 is 5.03. The highest BCUT2D eigenvalue weighted by atomic mass is 16.5. The first-order valence-electron chi connectivity index (χ1n) is 6.28. The molecule has 5 heteroatoms. The van der Waals surface area contributed by atoms with E-state index in [4.69, 9.17) is 10.5 Å². The molecule has 0 saturated heterocycles. The van der Waals surface area contributed by atoms with E-state index >= 15 is 0 Å². The molecule has 0 spiro atoms. The van der Waals surface area contributed by atoms with Crippen LogP contribution in [0.4, 0.5) is 5.69 Å². The number of anilines is 1. The molecule has 5 nitrogen and oxygen atoms in total. The quantitative estimate of drug-likeness (QED) is 0.808. The molecular formula is C15H17N3O2. The Hall–Kier alpha value is -2.56. The Balaban J connectivity index is 1.90. The summed E-state index contributed by atoms with van der Waals surface area (Å²) >= 11 is 0. The highest BCUT2D eigenvalue weighted by Crippen LogP contribution is 2.11. The maximum Gasteiger partial charge on any atom is 0.224 e. The average molecular weight is 271 g/mol. The van der Waals surface area contributed by atoms with Gasteiger partial charge in [0.25, 0.3) is 0 Å². The molecule has 1 amide bonds. The summed E-state index contributed by atoms with van der Waals surface area (Å²) in [7, 11) is 1.56. The number of aromatic nitrogens is 1. The van der Waals surface area contributed by atoms with Gasteiger partial charge in [0.1, 0.15) is 0 Å². The van der Waals surface area contributed by atoms with E-state index in [0.29, 0.717) is 18.1 Å². The summed E-state index contributed by atoms with van der Waals surface area (Å²) in [5.41, 5.74) is 8.21. The molecular weight excluding hydrogens is 254 g/mol. The summed E-state index contributed by atoms with van der Waals surface area (Å²) in [6, 6.07) is 11.0. The molecule has 0 bridgehead atoms. The van der Waals surface area contributed by atoms with E-state index in [1.807, 2.05) is 24.3 Å². The summed E-state index contributed by atoms with van der Waals surface area (Å²) in [5.74, 6) is 0.461. The van der Waals surface area contributed by atoms with Crippen molar-refractivity contribution in [1.29, 1.82) is 0 Å². The van der Waals surface area contributed by atoms with Crippen LogP contribution in [0.25, 0.3) is 0 Å². The number of benzene rings is 1. The summed E-state index contributed by atoms with van der Waals surface area (Å²) in [6.45, 7) is 0.435. The van der Waals surface area contributed by atoms with Crippen LogP contribution in [0.1, 0.15) is 11.1 Å². The summed E-state index contributed by atoms with van der Waals surface area (Å²) in [6.07, 6.45) is 1.92. The molecule has 0 radical (unpaired) electrons. The van der Waals surface area contributed by atoms with Gasteiger partial charge in [-0.2, -0.15) is 0 Å². The topological polar surface area (TPSA) is 77.2 Å². The molecule has 0 aliphatic rings. The van der Waals surface area contributed by atoms with Crippen LogP contribution in [0, 0.1) is 0 Å². The SMILES string of the molecule is COc1cc(CNC(=O)Cc2ccccc2N)ccn1. The fourth-order valence-corrected chi connectivity index (χ4v) is 1.80. The number of methoxy groups -OCH3 is 1. The fraction of sp³-hybridized carbons (Fsp3) is 0.200. The largest absolute Gasteiger partial charge is 0.481 e. The summed E-state index contributed by atoms with van der Waals surface area (Å²) in [5, 5.41) is 2.85. The van der Waals surface area contributed by atoms with Crippen LogP contribution in [-0.2, 0) is 17.8 Å². The summed E-state index contributed by atoms with van der Waals surface area (Å²) in [4.78, 5) is 15.9. The standard InChI is InChI=1S/C15H17N3O2/c1-20-15-8-11(6-7-17-15)10-18-14(19)9-12-4-2-3-5-13(12)16/h2-8H,9-10,16H2,1H3,(H,18,19). The minimum Gasteiger partial charge on any atom is -0.481 e. The number of pyridine rings is 1. The number of nitrogens with two attached hydrogens (primary N) is 1. The zero-order valence-corrected chi connectivity index (χ0v) is 11.3. The van der Waals surface area contributed by atoms with Crippen LogP contribution in [0.15, 0.2) is 42.6 Å². The molecule has 0 aliphatic heterocycles. The number of hydrogen-bond donors (Lipinski definition) is 2. The normalized spacial score (nSPS) is 10.1. The number of ether oxygens (including phenoxy) is 1. The van der Waals surface area contributed by atoms with Crippen molar-refractivity contribution in [3.05, 3.63) is 53.7 Å². The number of hydrogen-bond acceptors (Lipinski definition) is 4. The minimum absolute atomic E-state index is 0.0707. The molecule has 0 aliphatic carbocycles. The van der Waals surface area contributed by atoms with Crippen molar-refractivity contribution in [3.63, 3.8) is 0 Å². The van der Waals surface area contributed by atoms with E-state index in [1.165, 1.54) is 0 Å². The molecule has 1 aromatic heterocycles. The number of nitrogens with zero attached hydrogens (tertiary/aromatic N) is 1. The smallest absolute Gasteiger partial charge is 0.224 e. The van der Waals surface area contributed by atoms with Crippen LogP contribution < -0.4 is 15.8 Å². The fourth-order valence-electron chi connectivity index (χ4n) is 1.80. The zero-order valence-electron chi connectivity index (χ0n) is 11.3. The van der Waals surface area contributed by atoms with Crippen LogP contribution in [0.2, 0.25) is 0 Å². The van der Waals surface area contributed by atoms with Crippen LogP contribution in [0.3, 0.4) is 0 Å². The van der Waals surface area contributed by atoms with Crippen molar-refractivity contribution in [2.45, 2.75) is 13.0 Å². The van der Waals surface area contributed by atoms with Crippen molar-refractivity contribution in [1.82, 2.24) is 10.3 Å². The predicted octanol–water partition coefficient (Wildman–Crippen LogP) is 1.53. The zero-order chi connectivity index (χ0) is 14.4. The second kappa shape index (κ2) is 6.56. The molecule has 3 N–H and O–H groups in total. The second-order valence-electron chi connectivity index (χ2n) is 4.36. The molecule has 0 unspecified atom stereocenters. The number of nitrogen functional groups attached to an aromatic ring is 1. The average Bonchev–Trinajstić information content (AvgIpc) is 2.48. The lowest BCUT2D eigenvalue weighted by Crippen LogP contribution is -2.24. The van der Waals surface area contributed by atoms with Gasteiger partial charge in [0, 0.05) is 24.5 Å². The van der Waals surface area contributed by atoms with Gasteiger partial charge in [-0.25, -0.2) is 4.98 Å². The van der Waals surface area contributed by atoms with E-state index in [1.54, 1.807) is 25.4 Å². The van der Waals surface area contributed by atoms with E-state index < -0.39 is 0 Å². The lowest BCUT2D eigenvalue weighted by atomic mass is 10.1. The molecule has 104 valence electrons. The maximum absolute atomic E-state index is 11.9. The third-order valence-electron chi connectivity index (χ3n) is 2.90. The van der Waals surface area contributed by atoms with Crippen molar-refractivity contribution in [3.8, 4) is 5.88 Å². The number of para-hydroxylation sites is 1. The Kier molecular flexibility index (Phi) is 4.55. The van der Waals surface area contributed by atoms with Gasteiger partial charge in [-0.1, -0.05) is 18.2 Å². The van der Waals surface area contributed by atoms with Gasteiger partial charge >= 0.3 is 0 Å². The first-order valence-corrected chi connectivity index (χ1v) is 6.28. The van der Waals surface area contributed by atoms with Crippen LogP contribution >= 0.6 is 0 Å². The van der Waals surface area contributed by atoms with Crippen molar-refractivity contribution in [2.24, 2.45) is 0 Å². The van der Waals surface area contributed by atoms with E-state index in [9.17, 15) is 4.79 Å². The number of carbonyl (C=O) groups is 1.